The Bertz CT molecular complexity index is 558. The zero-order valence-corrected chi connectivity index (χ0v) is 13.0. The van der Waals surface area contributed by atoms with E-state index in [1.165, 1.54) is 45.3 Å². The van der Waals surface area contributed by atoms with Crippen molar-refractivity contribution in [2.75, 3.05) is 13.7 Å². The first-order chi connectivity index (χ1) is 10.7. The van der Waals surface area contributed by atoms with Crippen LogP contribution in [0.15, 0.2) is 15.4 Å². The quantitative estimate of drug-likeness (QED) is 0.911. The van der Waals surface area contributed by atoms with Crippen LogP contribution in [0.5, 0.6) is 0 Å². The van der Waals surface area contributed by atoms with Crippen molar-refractivity contribution in [3.05, 3.63) is 22.2 Å². The lowest BCUT2D eigenvalue weighted by molar-refractivity contribution is 0.0512. The van der Waals surface area contributed by atoms with Crippen LogP contribution in [0.2, 0.25) is 0 Å². The molecule has 1 aromatic heterocycles. The van der Waals surface area contributed by atoms with E-state index in [4.69, 9.17) is 9.26 Å². The van der Waals surface area contributed by atoms with Gasteiger partial charge in [-0.05, 0) is 31.6 Å². The van der Waals surface area contributed by atoms with Gasteiger partial charge in [-0.2, -0.15) is 5.16 Å². The highest BCUT2D eigenvalue weighted by Gasteiger charge is 2.38. The van der Waals surface area contributed by atoms with Crippen LogP contribution < -0.4 is 5.56 Å². The maximum absolute atomic E-state index is 12.1. The van der Waals surface area contributed by atoms with Crippen LogP contribution in [0.3, 0.4) is 0 Å². The largest absolute Gasteiger partial charge is 0.453 e. The summed E-state index contributed by atoms with van der Waals surface area (Å²) in [5.41, 5.74) is -0.195. The lowest BCUT2D eigenvalue weighted by Gasteiger charge is -2.43. The smallest absolute Gasteiger partial charge is 0.409 e. The van der Waals surface area contributed by atoms with E-state index in [1.807, 2.05) is 4.90 Å². The van der Waals surface area contributed by atoms with E-state index < -0.39 is 0 Å². The summed E-state index contributed by atoms with van der Waals surface area (Å²) in [5.74, 6) is 1.45. The number of nitrogens with zero attached hydrogens (tertiary/aromatic N) is 1. The molecule has 1 N–H and O–H groups in total. The maximum atomic E-state index is 12.1. The molecule has 1 aliphatic heterocycles. The molecule has 0 aromatic carbocycles. The Kier molecular flexibility index (Phi) is 4.55. The molecule has 1 aromatic rings. The van der Waals surface area contributed by atoms with Crippen LogP contribution in [-0.4, -0.2) is 35.8 Å². The average molecular weight is 308 g/mol. The van der Waals surface area contributed by atoms with Gasteiger partial charge in [0.15, 0.2) is 0 Å². The molecular weight excluding hydrogens is 284 g/mol. The third kappa shape index (κ3) is 3.05. The first kappa shape index (κ1) is 15.2. The van der Waals surface area contributed by atoms with E-state index >= 15 is 0 Å². The summed E-state index contributed by atoms with van der Waals surface area (Å²) in [6.07, 6.45) is 7.52. The fourth-order valence-corrected chi connectivity index (χ4v) is 4.06. The van der Waals surface area contributed by atoms with Crippen molar-refractivity contribution >= 4 is 6.09 Å². The molecule has 6 nitrogen and oxygen atoms in total. The topological polar surface area (TPSA) is 75.5 Å². The van der Waals surface area contributed by atoms with Gasteiger partial charge in [-0.25, -0.2) is 4.79 Å². The number of aromatic amines is 1. The van der Waals surface area contributed by atoms with Crippen molar-refractivity contribution in [3.63, 3.8) is 0 Å². The second-order valence-corrected chi connectivity index (χ2v) is 6.47. The molecule has 0 radical (unpaired) electrons. The molecule has 2 aliphatic rings. The van der Waals surface area contributed by atoms with E-state index in [1.54, 1.807) is 0 Å². The minimum absolute atomic E-state index is 0.187. The zero-order valence-electron chi connectivity index (χ0n) is 13.0. The van der Waals surface area contributed by atoms with Gasteiger partial charge in [-0.15, -0.1) is 0 Å². The lowest BCUT2D eigenvalue weighted by atomic mass is 9.76. The van der Waals surface area contributed by atoms with Crippen LogP contribution in [0, 0.1) is 5.92 Å². The number of ether oxygens (including phenoxy) is 1. The number of methoxy groups -OCH3 is 1. The molecule has 1 saturated carbocycles. The number of aromatic nitrogens is 1. The molecule has 2 atom stereocenters. The molecule has 1 aliphatic carbocycles. The van der Waals surface area contributed by atoms with Crippen LogP contribution in [0.4, 0.5) is 4.79 Å². The third-order valence-corrected chi connectivity index (χ3v) is 5.19. The Balaban J connectivity index is 1.78. The number of H-pyrrole nitrogens is 1. The summed E-state index contributed by atoms with van der Waals surface area (Å²) in [6.45, 7) is 0.660. The lowest BCUT2D eigenvalue weighted by Crippen LogP contribution is -2.49. The first-order valence-corrected chi connectivity index (χ1v) is 8.22. The van der Waals surface area contributed by atoms with E-state index in [9.17, 15) is 9.59 Å². The molecule has 3 rings (SSSR count). The summed E-state index contributed by atoms with van der Waals surface area (Å²) < 4.78 is 10.3. The number of hydrogen-bond donors (Lipinski definition) is 1. The normalized spacial score (nSPS) is 26.9. The maximum Gasteiger partial charge on any atom is 0.409 e. The van der Waals surface area contributed by atoms with E-state index in [0.29, 0.717) is 12.5 Å². The van der Waals surface area contributed by atoms with Crippen LogP contribution >= 0.6 is 0 Å². The van der Waals surface area contributed by atoms with Crippen LogP contribution in [0.25, 0.3) is 0 Å². The summed E-state index contributed by atoms with van der Waals surface area (Å²) >= 11 is 0. The van der Waals surface area contributed by atoms with E-state index in [0.717, 1.165) is 18.6 Å². The van der Waals surface area contributed by atoms with Gasteiger partial charge in [0.05, 0.1) is 7.11 Å². The van der Waals surface area contributed by atoms with Gasteiger partial charge >= 0.3 is 6.09 Å². The molecule has 6 heteroatoms. The number of amides is 1. The van der Waals surface area contributed by atoms with Gasteiger partial charge in [-0.1, -0.05) is 19.3 Å². The average Bonchev–Trinajstić information content (AvgIpc) is 3.01. The Labute approximate surface area is 129 Å². The van der Waals surface area contributed by atoms with E-state index in [2.05, 4.69) is 5.16 Å². The van der Waals surface area contributed by atoms with Crippen molar-refractivity contribution in [2.45, 2.75) is 56.9 Å². The molecule has 22 heavy (non-hydrogen) atoms. The van der Waals surface area contributed by atoms with Gasteiger partial charge in [0.25, 0.3) is 5.56 Å². The number of carbonyl (C=O) groups excluding carboxylic acids is 1. The van der Waals surface area contributed by atoms with Gasteiger partial charge in [-0.3, -0.25) is 4.79 Å². The van der Waals surface area contributed by atoms with Gasteiger partial charge < -0.3 is 14.2 Å². The van der Waals surface area contributed by atoms with Crippen molar-refractivity contribution in [1.82, 2.24) is 10.1 Å². The molecule has 1 saturated heterocycles. The predicted molar refractivity (Wildman–Crippen MR) is 80.8 cm³/mol. The molecule has 0 spiro atoms. The molecular formula is C16H24N2O4. The highest BCUT2D eigenvalue weighted by atomic mass is 16.5. The molecule has 2 fully saturated rings. The minimum atomic E-state index is -0.232. The summed E-state index contributed by atoms with van der Waals surface area (Å²) in [4.78, 5) is 25.3. The molecule has 0 bridgehead atoms. The highest BCUT2D eigenvalue weighted by Crippen LogP contribution is 2.39. The first-order valence-electron chi connectivity index (χ1n) is 8.22. The van der Waals surface area contributed by atoms with Crippen LogP contribution in [-0.2, 0) is 4.74 Å². The molecule has 2 heterocycles. The fraction of sp³-hybridized carbons (Fsp3) is 0.750. The van der Waals surface area contributed by atoms with Crippen molar-refractivity contribution < 1.29 is 14.1 Å². The highest BCUT2D eigenvalue weighted by molar-refractivity contribution is 5.68. The third-order valence-electron chi connectivity index (χ3n) is 5.19. The second-order valence-electron chi connectivity index (χ2n) is 6.47. The minimum Gasteiger partial charge on any atom is -0.453 e. The van der Waals surface area contributed by atoms with Crippen molar-refractivity contribution in [3.8, 4) is 0 Å². The standard InChI is InChI=1S/C16H24N2O4/c1-21-16(20)18-8-7-12(14-10-15(19)17-22-14)9-13(18)11-5-3-2-4-6-11/h10-13H,2-9H2,1H3,(H,17,19)/t12-,13-/m1/s1. The zero-order chi connectivity index (χ0) is 15.5. The Morgan fingerprint density at radius 3 is 2.73 bits per heavy atom. The van der Waals surface area contributed by atoms with Gasteiger partial charge in [0.1, 0.15) is 5.76 Å². The number of nitrogens with one attached hydrogen (secondary N) is 1. The number of rotatable bonds is 2. The Morgan fingerprint density at radius 2 is 2.09 bits per heavy atom. The SMILES string of the molecule is COC(=O)N1CC[C@@H](c2cc(=O)[nH]o2)C[C@@H]1C1CCCCC1. The van der Waals surface area contributed by atoms with Crippen LogP contribution in [0.1, 0.15) is 56.6 Å². The number of likely N-dealkylation sites (tertiary alicyclic amines) is 1. The monoisotopic (exact) mass is 308 g/mol. The Hall–Kier alpha value is -1.72. The number of piperidine rings is 1. The van der Waals surface area contributed by atoms with Gasteiger partial charge in [0, 0.05) is 24.6 Å². The van der Waals surface area contributed by atoms with Crippen molar-refractivity contribution in [1.29, 1.82) is 0 Å². The molecule has 0 unspecified atom stereocenters. The van der Waals surface area contributed by atoms with Crippen molar-refractivity contribution in [2.24, 2.45) is 5.92 Å². The Morgan fingerprint density at radius 1 is 1.32 bits per heavy atom. The molecule has 122 valence electrons. The summed E-state index contributed by atoms with van der Waals surface area (Å²) in [6, 6.07) is 1.72. The number of carbonyl (C=O) groups is 1. The van der Waals surface area contributed by atoms with Gasteiger partial charge in [0.2, 0.25) is 0 Å². The number of hydrogen-bond acceptors (Lipinski definition) is 4. The summed E-state index contributed by atoms with van der Waals surface area (Å²) in [5, 5.41) is 2.37. The second kappa shape index (κ2) is 6.58. The van der Waals surface area contributed by atoms with E-state index in [-0.39, 0.29) is 23.6 Å². The molecule has 1 amide bonds. The predicted octanol–water partition coefficient (Wildman–Crippen LogP) is 2.86. The fourth-order valence-electron chi connectivity index (χ4n) is 4.06. The summed E-state index contributed by atoms with van der Waals surface area (Å²) in [7, 11) is 1.44.